The zero-order chi connectivity index (χ0) is 17.8. The van der Waals surface area contributed by atoms with Gasteiger partial charge in [-0.3, -0.25) is 14.6 Å². The number of piperazine rings is 1. The van der Waals surface area contributed by atoms with Gasteiger partial charge in [0.1, 0.15) is 11.9 Å². The molecular weight excluding hydrogens is 323 g/mol. The van der Waals surface area contributed by atoms with Crippen molar-refractivity contribution in [1.82, 2.24) is 15.2 Å². The predicted octanol–water partition coefficient (Wildman–Crippen LogP) is 1.58. The Morgan fingerprint density at radius 1 is 1.28 bits per heavy atom. The Kier molecular flexibility index (Phi) is 5.04. The Balaban J connectivity index is 1.78. The van der Waals surface area contributed by atoms with Gasteiger partial charge in [0.05, 0.1) is 5.56 Å². The van der Waals surface area contributed by atoms with Crippen LogP contribution in [0.1, 0.15) is 15.9 Å². The number of aryl methyl sites for hydroxylation is 1. The van der Waals surface area contributed by atoms with E-state index in [1.165, 1.54) is 30.5 Å². The van der Waals surface area contributed by atoms with Gasteiger partial charge in [0.15, 0.2) is 0 Å². The van der Waals surface area contributed by atoms with E-state index in [0.717, 1.165) is 5.56 Å². The molecule has 0 radical (unpaired) electrons. The smallest absolute Gasteiger partial charge is 0.256 e. The highest BCUT2D eigenvalue weighted by Crippen LogP contribution is 2.15. The molecule has 3 rings (SSSR count). The average molecular weight is 342 g/mol. The molecular formula is C18H19FN4O2. The molecule has 2 aromatic rings. The first-order valence-electron chi connectivity index (χ1n) is 8.05. The number of aromatic nitrogens is 1. The van der Waals surface area contributed by atoms with E-state index < -0.39 is 6.04 Å². The number of anilines is 1. The Bertz CT molecular complexity index is 779. The van der Waals surface area contributed by atoms with Crippen LogP contribution in [0.5, 0.6) is 0 Å². The number of benzene rings is 1. The Labute approximate surface area is 145 Å². The minimum Gasteiger partial charge on any atom is -0.324 e. The Morgan fingerprint density at radius 2 is 2.04 bits per heavy atom. The van der Waals surface area contributed by atoms with Crippen molar-refractivity contribution in [3.05, 3.63) is 59.7 Å². The summed E-state index contributed by atoms with van der Waals surface area (Å²) in [5.41, 5.74) is 1.79. The minimum atomic E-state index is -0.647. The van der Waals surface area contributed by atoms with E-state index in [-0.39, 0.29) is 17.6 Å². The van der Waals surface area contributed by atoms with Crippen LogP contribution in [-0.4, -0.2) is 47.4 Å². The van der Waals surface area contributed by atoms with Crippen molar-refractivity contribution >= 4 is 17.5 Å². The normalized spacial score (nSPS) is 17.2. The second-order valence-electron chi connectivity index (χ2n) is 5.91. The molecule has 6 nitrogen and oxygen atoms in total. The molecule has 1 aromatic heterocycles. The van der Waals surface area contributed by atoms with Gasteiger partial charge < -0.3 is 15.5 Å². The summed E-state index contributed by atoms with van der Waals surface area (Å²) in [6.45, 7) is 3.24. The molecule has 2 heterocycles. The molecule has 1 aliphatic rings. The van der Waals surface area contributed by atoms with Gasteiger partial charge in [-0.2, -0.15) is 0 Å². The van der Waals surface area contributed by atoms with Crippen LogP contribution in [0.2, 0.25) is 0 Å². The van der Waals surface area contributed by atoms with Crippen LogP contribution in [-0.2, 0) is 4.79 Å². The van der Waals surface area contributed by atoms with Crippen molar-refractivity contribution in [1.29, 1.82) is 0 Å². The van der Waals surface area contributed by atoms with Crippen LogP contribution in [0.25, 0.3) is 0 Å². The third-order valence-corrected chi connectivity index (χ3v) is 4.19. The molecule has 130 valence electrons. The average Bonchev–Trinajstić information content (AvgIpc) is 2.63. The van der Waals surface area contributed by atoms with Crippen molar-refractivity contribution in [3.63, 3.8) is 0 Å². The molecule has 1 aliphatic heterocycles. The lowest BCUT2D eigenvalue weighted by Gasteiger charge is -2.35. The summed E-state index contributed by atoms with van der Waals surface area (Å²) < 4.78 is 13.0. The summed E-state index contributed by atoms with van der Waals surface area (Å²) in [5, 5.41) is 5.87. The summed E-state index contributed by atoms with van der Waals surface area (Å²) in [6.07, 6.45) is 3.15. The fraction of sp³-hybridized carbons (Fsp3) is 0.278. The van der Waals surface area contributed by atoms with Gasteiger partial charge in [-0.05, 0) is 42.8 Å². The van der Waals surface area contributed by atoms with Gasteiger partial charge in [0.25, 0.3) is 5.91 Å². The first kappa shape index (κ1) is 17.0. The molecule has 1 fully saturated rings. The lowest BCUT2D eigenvalue weighted by atomic mass is 10.1. The van der Waals surface area contributed by atoms with E-state index in [2.05, 4.69) is 15.6 Å². The van der Waals surface area contributed by atoms with Crippen molar-refractivity contribution in [2.45, 2.75) is 13.0 Å². The van der Waals surface area contributed by atoms with Gasteiger partial charge in [-0.15, -0.1) is 0 Å². The largest absolute Gasteiger partial charge is 0.324 e. The maximum absolute atomic E-state index is 13.0. The van der Waals surface area contributed by atoms with Crippen LogP contribution in [0.3, 0.4) is 0 Å². The number of hydrogen-bond donors (Lipinski definition) is 2. The lowest BCUT2D eigenvalue weighted by molar-refractivity contribution is -0.121. The van der Waals surface area contributed by atoms with Gasteiger partial charge in [-0.1, -0.05) is 0 Å². The molecule has 1 atom stereocenters. The van der Waals surface area contributed by atoms with Crippen molar-refractivity contribution < 1.29 is 14.0 Å². The molecule has 1 aromatic carbocycles. The van der Waals surface area contributed by atoms with E-state index in [1.54, 1.807) is 17.2 Å². The number of pyridine rings is 1. The number of nitrogens with one attached hydrogen (secondary N) is 2. The topological polar surface area (TPSA) is 74.3 Å². The molecule has 0 saturated carbocycles. The maximum Gasteiger partial charge on any atom is 0.256 e. The zero-order valence-corrected chi connectivity index (χ0v) is 13.8. The number of amides is 2. The fourth-order valence-electron chi connectivity index (χ4n) is 2.78. The van der Waals surface area contributed by atoms with Crippen molar-refractivity contribution in [2.75, 3.05) is 25.0 Å². The molecule has 2 N–H and O–H groups in total. The van der Waals surface area contributed by atoms with Crippen LogP contribution < -0.4 is 10.6 Å². The third kappa shape index (κ3) is 3.83. The molecule has 0 spiro atoms. The summed E-state index contributed by atoms with van der Waals surface area (Å²) >= 11 is 0. The van der Waals surface area contributed by atoms with Crippen LogP contribution in [0.4, 0.5) is 10.1 Å². The zero-order valence-electron chi connectivity index (χ0n) is 13.8. The SMILES string of the molecule is Cc1ccncc1C(=O)N1CCNCC1C(=O)Nc1ccc(F)cc1. The molecule has 2 amide bonds. The first-order valence-corrected chi connectivity index (χ1v) is 8.05. The summed E-state index contributed by atoms with van der Waals surface area (Å²) in [6, 6.07) is 6.64. The monoisotopic (exact) mass is 342 g/mol. The molecule has 0 aliphatic carbocycles. The minimum absolute atomic E-state index is 0.216. The summed E-state index contributed by atoms with van der Waals surface area (Å²) in [7, 11) is 0. The fourth-order valence-corrected chi connectivity index (χ4v) is 2.78. The van der Waals surface area contributed by atoms with Crippen LogP contribution in [0, 0.1) is 12.7 Å². The number of carbonyl (C=O) groups is 2. The molecule has 0 bridgehead atoms. The summed E-state index contributed by atoms with van der Waals surface area (Å²) in [5.74, 6) is -0.902. The number of rotatable bonds is 3. The molecule has 7 heteroatoms. The number of halogens is 1. The Morgan fingerprint density at radius 3 is 2.76 bits per heavy atom. The molecule has 1 unspecified atom stereocenters. The van der Waals surface area contributed by atoms with E-state index in [0.29, 0.717) is 30.9 Å². The second-order valence-corrected chi connectivity index (χ2v) is 5.91. The highest BCUT2D eigenvalue weighted by atomic mass is 19.1. The first-order chi connectivity index (χ1) is 12.1. The van der Waals surface area contributed by atoms with Gasteiger partial charge in [0.2, 0.25) is 5.91 Å². The second kappa shape index (κ2) is 7.40. The summed E-state index contributed by atoms with van der Waals surface area (Å²) in [4.78, 5) is 31.1. The molecule has 25 heavy (non-hydrogen) atoms. The lowest BCUT2D eigenvalue weighted by Crippen LogP contribution is -2.58. The van der Waals surface area contributed by atoms with Gasteiger partial charge >= 0.3 is 0 Å². The van der Waals surface area contributed by atoms with E-state index >= 15 is 0 Å². The van der Waals surface area contributed by atoms with Gasteiger partial charge in [0, 0.05) is 37.7 Å². The number of hydrogen-bond acceptors (Lipinski definition) is 4. The maximum atomic E-state index is 13.0. The van der Waals surface area contributed by atoms with Crippen LogP contribution in [0.15, 0.2) is 42.7 Å². The third-order valence-electron chi connectivity index (χ3n) is 4.19. The number of carbonyl (C=O) groups excluding carboxylic acids is 2. The predicted molar refractivity (Wildman–Crippen MR) is 91.7 cm³/mol. The van der Waals surface area contributed by atoms with E-state index in [9.17, 15) is 14.0 Å². The molecule has 1 saturated heterocycles. The van der Waals surface area contributed by atoms with Crippen molar-refractivity contribution in [3.8, 4) is 0 Å². The highest BCUT2D eigenvalue weighted by Gasteiger charge is 2.33. The van der Waals surface area contributed by atoms with Crippen LogP contribution >= 0.6 is 0 Å². The van der Waals surface area contributed by atoms with Gasteiger partial charge in [-0.25, -0.2) is 4.39 Å². The van der Waals surface area contributed by atoms with E-state index in [4.69, 9.17) is 0 Å². The Hall–Kier alpha value is -2.80. The standard InChI is InChI=1S/C18H19FN4O2/c1-12-6-7-20-10-15(12)18(25)23-9-8-21-11-16(23)17(24)22-14-4-2-13(19)3-5-14/h2-7,10,16,21H,8-9,11H2,1H3,(H,22,24). The van der Waals surface area contributed by atoms with E-state index in [1.807, 2.05) is 6.92 Å². The quantitative estimate of drug-likeness (QED) is 0.888. The van der Waals surface area contributed by atoms with Crippen molar-refractivity contribution in [2.24, 2.45) is 0 Å². The highest BCUT2D eigenvalue weighted by molar-refractivity contribution is 6.02. The number of nitrogens with zero attached hydrogens (tertiary/aromatic N) is 2.